The molecule has 2 unspecified atom stereocenters. The van der Waals surface area contributed by atoms with Gasteiger partial charge in [-0.15, -0.1) is 0 Å². The van der Waals surface area contributed by atoms with Crippen molar-refractivity contribution in [2.24, 2.45) is 5.41 Å². The molecule has 0 bridgehead atoms. The smallest absolute Gasteiger partial charge is 0.318 e. The number of fused-ring (bicyclic) bond motifs is 1. The van der Waals surface area contributed by atoms with E-state index in [1.165, 1.54) is 11.1 Å². The molecule has 2 N–H and O–H groups in total. The molecule has 4 heteroatoms. The normalized spacial score (nSPS) is 23.1. The zero-order valence-corrected chi connectivity index (χ0v) is 11.6. The Bertz CT molecular complexity index is 565. The second-order valence-corrected chi connectivity index (χ2v) is 6.19. The van der Waals surface area contributed by atoms with E-state index in [4.69, 9.17) is 0 Å². The van der Waals surface area contributed by atoms with E-state index in [9.17, 15) is 14.7 Å². The number of carbonyl (C=O) groups excluding carboxylic acids is 1. The molecule has 3 rings (SSSR count). The lowest BCUT2D eigenvalue weighted by Gasteiger charge is -2.35. The van der Waals surface area contributed by atoms with Gasteiger partial charge in [-0.05, 0) is 49.7 Å². The van der Waals surface area contributed by atoms with Gasteiger partial charge >= 0.3 is 5.97 Å². The zero-order valence-electron chi connectivity index (χ0n) is 11.6. The molecule has 0 radical (unpaired) electrons. The van der Waals surface area contributed by atoms with Crippen molar-refractivity contribution in [2.45, 2.75) is 44.6 Å². The van der Waals surface area contributed by atoms with Crippen LogP contribution < -0.4 is 5.32 Å². The first-order valence-electron chi connectivity index (χ1n) is 7.13. The highest BCUT2D eigenvalue weighted by molar-refractivity contribution is 6.01. The van der Waals surface area contributed by atoms with Crippen molar-refractivity contribution >= 4 is 11.9 Å². The van der Waals surface area contributed by atoms with Crippen LogP contribution in [-0.2, 0) is 16.0 Å². The second-order valence-electron chi connectivity index (χ2n) is 6.19. The predicted octanol–water partition coefficient (Wildman–Crippen LogP) is 2.09. The Balaban J connectivity index is 1.75. The van der Waals surface area contributed by atoms with Gasteiger partial charge in [0.05, 0.1) is 0 Å². The first kappa shape index (κ1) is 13.2. The average molecular weight is 273 g/mol. The number of hydrogen-bond acceptors (Lipinski definition) is 2. The summed E-state index contributed by atoms with van der Waals surface area (Å²) in [5, 5.41) is 12.3. The van der Waals surface area contributed by atoms with Crippen LogP contribution in [0.4, 0.5) is 0 Å². The summed E-state index contributed by atoms with van der Waals surface area (Å²) in [5.41, 5.74) is 1.13. The second kappa shape index (κ2) is 4.62. The minimum Gasteiger partial charge on any atom is -0.480 e. The summed E-state index contributed by atoms with van der Waals surface area (Å²) in [6, 6.07) is 8.24. The molecule has 106 valence electrons. The topological polar surface area (TPSA) is 66.4 Å². The molecular weight excluding hydrogens is 254 g/mol. The minimum absolute atomic E-state index is 0.178. The number of amides is 1. The van der Waals surface area contributed by atoms with Gasteiger partial charge in [0.25, 0.3) is 0 Å². The quantitative estimate of drug-likeness (QED) is 0.807. The van der Waals surface area contributed by atoms with Crippen molar-refractivity contribution < 1.29 is 14.7 Å². The fourth-order valence-electron chi connectivity index (χ4n) is 2.89. The molecule has 0 aromatic heterocycles. The molecule has 2 aliphatic rings. The molecule has 0 aliphatic heterocycles. The van der Waals surface area contributed by atoms with Crippen LogP contribution >= 0.6 is 0 Å². The summed E-state index contributed by atoms with van der Waals surface area (Å²) < 4.78 is 0. The number of benzene rings is 1. The van der Waals surface area contributed by atoms with Gasteiger partial charge in [0.1, 0.15) is 5.41 Å². The molecule has 1 saturated carbocycles. The molecular formula is C16H19NO3. The van der Waals surface area contributed by atoms with E-state index in [0.29, 0.717) is 6.42 Å². The third-order valence-corrected chi connectivity index (χ3v) is 4.50. The lowest BCUT2D eigenvalue weighted by molar-refractivity contribution is -0.155. The zero-order chi connectivity index (χ0) is 14.3. The Labute approximate surface area is 118 Å². The number of carbonyl (C=O) groups is 2. The van der Waals surface area contributed by atoms with E-state index in [0.717, 1.165) is 19.3 Å². The Morgan fingerprint density at radius 2 is 2.05 bits per heavy atom. The third-order valence-electron chi connectivity index (χ3n) is 4.50. The lowest BCUT2D eigenvalue weighted by atomic mass is 9.68. The fourth-order valence-corrected chi connectivity index (χ4v) is 2.89. The number of carboxylic acids is 1. The van der Waals surface area contributed by atoms with Crippen LogP contribution in [0.15, 0.2) is 24.3 Å². The number of nitrogens with one attached hydrogen (secondary N) is 1. The van der Waals surface area contributed by atoms with Gasteiger partial charge in [-0.2, -0.15) is 0 Å². The third kappa shape index (κ3) is 2.19. The van der Waals surface area contributed by atoms with E-state index < -0.39 is 11.4 Å². The van der Waals surface area contributed by atoms with Gasteiger partial charge in [0.2, 0.25) is 5.91 Å². The predicted molar refractivity (Wildman–Crippen MR) is 74.4 cm³/mol. The van der Waals surface area contributed by atoms with Gasteiger partial charge in [0, 0.05) is 6.04 Å². The molecule has 0 spiro atoms. The van der Waals surface area contributed by atoms with Gasteiger partial charge in [-0.1, -0.05) is 24.3 Å². The molecule has 1 amide bonds. The number of aliphatic carboxylic acids is 1. The van der Waals surface area contributed by atoms with Crippen molar-refractivity contribution in [2.75, 3.05) is 0 Å². The number of carboxylic acid groups (broad SMARTS) is 1. The minimum atomic E-state index is -1.33. The Hall–Kier alpha value is -1.84. The molecule has 1 fully saturated rings. The SMILES string of the molecule is CC(CC1Cc2ccccc21)(C(=O)O)C(=O)NC1CC1. The highest BCUT2D eigenvalue weighted by Gasteiger charge is 2.46. The van der Waals surface area contributed by atoms with Gasteiger partial charge < -0.3 is 10.4 Å². The maximum Gasteiger partial charge on any atom is 0.318 e. The Morgan fingerprint density at radius 3 is 2.65 bits per heavy atom. The molecule has 0 heterocycles. The van der Waals surface area contributed by atoms with E-state index in [1.807, 2.05) is 18.2 Å². The van der Waals surface area contributed by atoms with Crippen molar-refractivity contribution in [1.29, 1.82) is 0 Å². The van der Waals surface area contributed by atoms with Crippen LogP contribution in [0.25, 0.3) is 0 Å². The fraction of sp³-hybridized carbons (Fsp3) is 0.500. The summed E-state index contributed by atoms with van der Waals surface area (Å²) in [7, 11) is 0. The van der Waals surface area contributed by atoms with Crippen molar-refractivity contribution in [1.82, 2.24) is 5.32 Å². The highest BCUT2D eigenvalue weighted by atomic mass is 16.4. The van der Waals surface area contributed by atoms with Crippen LogP contribution in [0.5, 0.6) is 0 Å². The molecule has 1 aromatic rings. The summed E-state index contributed by atoms with van der Waals surface area (Å²) in [6.07, 6.45) is 3.18. The van der Waals surface area contributed by atoms with Gasteiger partial charge in [0.15, 0.2) is 0 Å². The summed E-state index contributed by atoms with van der Waals surface area (Å²) in [6.45, 7) is 1.55. The number of rotatable bonds is 5. The first-order chi connectivity index (χ1) is 9.50. The van der Waals surface area contributed by atoms with Crippen molar-refractivity contribution in [3.63, 3.8) is 0 Å². The van der Waals surface area contributed by atoms with Gasteiger partial charge in [-0.3, -0.25) is 9.59 Å². The van der Waals surface area contributed by atoms with E-state index >= 15 is 0 Å². The van der Waals surface area contributed by atoms with E-state index in [-0.39, 0.29) is 17.9 Å². The largest absolute Gasteiger partial charge is 0.480 e. The average Bonchev–Trinajstić information content (AvgIpc) is 3.19. The summed E-state index contributed by atoms with van der Waals surface area (Å²) in [4.78, 5) is 23.8. The maximum atomic E-state index is 12.3. The van der Waals surface area contributed by atoms with Crippen LogP contribution in [0.1, 0.15) is 43.2 Å². The van der Waals surface area contributed by atoms with E-state index in [2.05, 4.69) is 11.4 Å². The summed E-state index contributed by atoms with van der Waals surface area (Å²) in [5.74, 6) is -1.19. The molecule has 0 saturated heterocycles. The Morgan fingerprint density at radius 1 is 1.35 bits per heavy atom. The van der Waals surface area contributed by atoms with Crippen LogP contribution in [0, 0.1) is 5.41 Å². The summed E-state index contributed by atoms with van der Waals surface area (Å²) >= 11 is 0. The monoisotopic (exact) mass is 273 g/mol. The van der Waals surface area contributed by atoms with Gasteiger partial charge in [-0.25, -0.2) is 0 Å². The van der Waals surface area contributed by atoms with Crippen molar-refractivity contribution in [3.05, 3.63) is 35.4 Å². The van der Waals surface area contributed by atoms with E-state index in [1.54, 1.807) is 6.92 Å². The maximum absolute atomic E-state index is 12.3. The molecule has 4 nitrogen and oxygen atoms in total. The van der Waals surface area contributed by atoms with Crippen LogP contribution in [-0.4, -0.2) is 23.0 Å². The standard InChI is InChI=1S/C16H19NO3/c1-16(15(19)20,14(18)17-12-6-7-12)9-11-8-10-4-2-3-5-13(10)11/h2-5,11-12H,6-9H2,1H3,(H,17,18)(H,19,20). The molecule has 1 aromatic carbocycles. The van der Waals surface area contributed by atoms with Crippen LogP contribution in [0.3, 0.4) is 0 Å². The molecule has 2 aliphatic carbocycles. The molecule has 20 heavy (non-hydrogen) atoms. The molecule has 2 atom stereocenters. The van der Waals surface area contributed by atoms with Crippen LogP contribution in [0.2, 0.25) is 0 Å². The highest BCUT2D eigenvalue weighted by Crippen LogP contribution is 2.43. The van der Waals surface area contributed by atoms with Crippen molar-refractivity contribution in [3.8, 4) is 0 Å². The lowest BCUT2D eigenvalue weighted by Crippen LogP contribution is -2.47. The Kier molecular flexibility index (Phi) is 3.04. The number of hydrogen-bond donors (Lipinski definition) is 2. The first-order valence-corrected chi connectivity index (χ1v) is 7.13.